The topological polar surface area (TPSA) is 83.8 Å². The molecular weight excluding hydrogens is 320 g/mol. The SMILES string of the molecule is C[C@@H]1CC[C@]2(C)C(C(=O)O)=CCC[C@@H]2[C@@]1(C)CCC1=CC(=O)O[C@H]1O. The van der Waals surface area contributed by atoms with Gasteiger partial charge in [-0.05, 0) is 55.8 Å². The summed E-state index contributed by atoms with van der Waals surface area (Å²) in [4.78, 5) is 23.1. The van der Waals surface area contributed by atoms with Crippen LogP contribution in [0, 0.1) is 22.7 Å². The number of esters is 1. The van der Waals surface area contributed by atoms with Crippen molar-refractivity contribution in [3.8, 4) is 0 Å². The number of aliphatic hydroxyl groups is 1. The highest BCUT2D eigenvalue weighted by molar-refractivity contribution is 5.88. The average molecular weight is 348 g/mol. The van der Waals surface area contributed by atoms with Crippen LogP contribution in [0.2, 0.25) is 0 Å². The maximum Gasteiger partial charge on any atom is 0.333 e. The highest BCUT2D eigenvalue weighted by Crippen LogP contribution is 2.62. The van der Waals surface area contributed by atoms with Crippen LogP contribution in [0.25, 0.3) is 0 Å². The van der Waals surface area contributed by atoms with Gasteiger partial charge in [0.2, 0.25) is 6.29 Å². The van der Waals surface area contributed by atoms with Crippen LogP contribution in [0.4, 0.5) is 0 Å². The number of carbonyl (C=O) groups excluding carboxylic acids is 1. The first-order valence-corrected chi connectivity index (χ1v) is 9.21. The molecule has 0 aromatic heterocycles. The lowest BCUT2D eigenvalue weighted by Gasteiger charge is -2.57. The number of carbonyl (C=O) groups is 2. The molecule has 25 heavy (non-hydrogen) atoms. The molecule has 0 aromatic rings. The number of allylic oxidation sites excluding steroid dienone is 1. The molecule has 138 valence electrons. The van der Waals surface area contributed by atoms with Crippen LogP contribution < -0.4 is 0 Å². The summed E-state index contributed by atoms with van der Waals surface area (Å²) in [6.07, 6.45) is 7.29. The lowest BCUT2D eigenvalue weighted by molar-refractivity contribution is -0.151. The Kier molecular flexibility index (Phi) is 4.56. The van der Waals surface area contributed by atoms with Crippen molar-refractivity contribution in [1.82, 2.24) is 0 Å². The predicted molar refractivity (Wildman–Crippen MR) is 92.5 cm³/mol. The van der Waals surface area contributed by atoms with Crippen LogP contribution in [0.1, 0.15) is 59.3 Å². The minimum absolute atomic E-state index is 0.0336. The van der Waals surface area contributed by atoms with E-state index in [0.717, 1.165) is 32.1 Å². The molecule has 0 bridgehead atoms. The van der Waals surface area contributed by atoms with Crippen LogP contribution in [0.15, 0.2) is 23.3 Å². The number of fused-ring (bicyclic) bond motifs is 1. The fraction of sp³-hybridized carbons (Fsp3) is 0.700. The van der Waals surface area contributed by atoms with Crippen molar-refractivity contribution in [3.63, 3.8) is 0 Å². The fourth-order valence-electron chi connectivity index (χ4n) is 5.49. The third-order valence-electron chi connectivity index (χ3n) is 7.24. The summed E-state index contributed by atoms with van der Waals surface area (Å²) >= 11 is 0. The second-order valence-electron chi connectivity index (χ2n) is 8.42. The number of aliphatic carboxylic acids is 1. The smallest absolute Gasteiger partial charge is 0.333 e. The molecule has 5 heteroatoms. The first-order chi connectivity index (χ1) is 11.7. The zero-order valence-corrected chi connectivity index (χ0v) is 15.2. The van der Waals surface area contributed by atoms with Gasteiger partial charge in [0.1, 0.15) is 0 Å². The van der Waals surface area contributed by atoms with E-state index < -0.39 is 18.2 Å². The second-order valence-corrected chi connectivity index (χ2v) is 8.42. The van der Waals surface area contributed by atoms with Gasteiger partial charge >= 0.3 is 11.9 Å². The molecule has 0 saturated heterocycles. The Balaban J connectivity index is 1.86. The van der Waals surface area contributed by atoms with Gasteiger partial charge in [0.15, 0.2) is 0 Å². The Morgan fingerprint density at radius 3 is 2.68 bits per heavy atom. The third-order valence-corrected chi connectivity index (χ3v) is 7.24. The highest BCUT2D eigenvalue weighted by atomic mass is 16.6. The van der Waals surface area contributed by atoms with Gasteiger partial charge in [-0.1, -0.05) is 26.8 Å². The minimum Gasteiger partial charge on any atom is -0.478 e. The average Bonchev–Trinajstić information content (AvgIpc) is 2.87. The molecule has 3 aliphatic rings. The number of aliphatic hydroxyl groups excluding tert-OH is 1. The first kappa shape index (κ1) is 18.2. The second kappa shape index (κ2) is 6.27. The van der Waals surface area contributed by atoms with Crippen molar-refractivity contribution < 1.29 is 24.5 Å². The summed E-state index contributed by atoms with van der Waals surface area (Å²) in [7, 11) is 0. The molecule has 0 unspecified atom stereocenters. The van der Waals surface area contributed by atoms with E-state index in [-0.39, 0.29) is 16.7 Å². The minimum atomic E-state index is -1.12. The third kappa shape index (κ3) is 2.92. The predicted octanol–water partition coefficient (Wildman–Crippen LogP) is 3.43. The molecule has 1 aliphatic heterocycles. The highest BCUT2D eigenvalue weighted by Gasteiger charge is 2.55. The molecule has 1 fully saturated rings. The Bertz CT molecular complexity index is 648. The summed E-state index contributed by atoms with van der Waals surface area (Å²) in [6, 6.07) is 0. The number of carboxylic acid groups (broad SMARTS) is 1. The van der Waals surface area contributed by atoms with Crippen LogP contribution in [0.3, 0.4) is 0 Å². The molecular formula is C20H28O5. The van der Waals surface area contributed by atoms with Gasteiger partial charge in [-0.25, -0.2) is 9.59 Å². The lowest BCUT2D eigenvalue weighted by atomic mass is 9.46. The van der Waals surface area contributed by atoms with E-state index in [1.807, 2.05) is 6.08 Å². The molecule has 3 rings (SSSR count). The fourth-order valence-corrected chi connectivity index (χ4v) is 5.49. The Labute approximate surface area is 148 Å². The van der Waals surface area contributed by atoms with Crippen molar-refractivity contribution in [2.45, 2.75) is 65.6 Å². The van der Waals surface area contributed by atoms with Gasteiger partial charge in [-0.2, -0.15) is 0 Å². The number of rotatable bonds is 4. The maximum absolute atomic E-state index is 11.8. The molecule has 5 nitrogen and oxygen atoms in total. The van der Waals surface area contributed by atoms with Crippen molar-refractivity contribution >= 4 is 11.9 Å². The van der Waals surface area contributed by atoms with Gasteiger partial charge in [0.25, 0.3) is 0 Å². The molecule has 0 radical (unpaired) electrons. The summed E-state index contributed by atoms with van der Waals surface area (Å²) in [5.74, 6) is -0.523. The van der Waals surface area contributed by atoms with E-state index in [1.165, 1.54) is 6.08 Å². The quantitative estimate of drug-likeness (QED) is 0.761. The molecule has 2 N–H and O–H groups in total. The Morgan fingerprint density at radius 1 is 1.36 bits per heavy atom. The molecule has 0 spiro atoms. The van der Waals surface area contributed by atoms with Gasteiger partial charge in [0.05, 0.1) is 0 Å². The summed E-state index contributed by atoms with van der Waals surface area (Å²) < 4.78 is 4.79. The van der Waals surface area contributed by atoms with Crippen LogP contribution >= 0.6 is 0 Å². The standard InChI is InChI=1S/C20H28O5/c1-12-7-9-20(3)14(17(22)23)5-4-6-15(20)19(12,2)10-8-13-11-16(21)25-18(13)24/h5,11-12,15,18,24H,4,6-10H2,1-3H3,(H,22,23)/t12-,15-,18-,19+,20-/m1/s1. The number of carboxylic acids is 1. The van der Waals surface area contributed by atoms with E-state index >= 15 is 0 Å². The first-order valence-electron chi connectivity index (χ1n) is 9.21. The van der Waals surface area contributed by atoms with E-state index in [2.05, 4.69) is 20.8 Å². The number of cyclic esters (lactones) is 1. The van der Waals surface area contributed by atoms with Crippen molar-refractivity contribution in [2.75, 3.05) is 0 Å². The monoisotopic (exact) mass is 348 g/mol. The van der Waals surface area contributed by atoms with Crippen molar-refractivity contribution in [3.05, 3.63) is 23.3 Å². The molecule has 1 saturated carbocycles. The normalized spacial score (nSPS) is 40.8. The number of hydrogen-bond donors (Lipinski definition) is 2. The maximum atomic E-state index is 11.8. The van der Waals surface area contributed by atoms with E-state index in [9.17, 15) is 19.8 Å². The molecule has 2 aliphatic carbocycles. The molecule has 1 heterocycles. The zero-order valence-electron chi connectivity index (χ0n) is 15.2. The Morgan fingerprint density at radius 2 is 2.08 bits per heavy atom. The summed E-state index contributed by atoms with van der Waals surface area (Å²) in [5, 5.41) is 19.5. The van der Waals surface area contributed by atoms with Crippen molar-refractivity contribution in [1.29, 1.82) is 0 Å². The number of hydrogen-bond acceptors (Lipinski definition) is 4. The largest absolute Gasteiger partial charge is 0.478 e. The van der Waals surface area contributed by atoms with Gasteiger partial charge in [-0.3, -0.25) is 0 Å². The van der Waals surface area contributed by atoms with Crippen LogP contribution in [-0.2, 0) is 14.3 Å². The Hall–Kier alpha value is -1.62. The van der Waals surface area contributed by atoms with E-state index in [0.29, 0.717) is 23.5 Å². The molecule has 0 aromatic carbocycles. The molecule has 0 amide bonds. The lowest BCUT2D eigenvalue weighted by Crippen LogP contribution is -2.51. The van der Waals surface area contributed by atoms with Crippen LogP contribution in [-0.4, -0.2) is 28.4 Å². The van der Waals surface area contributed by atoms with Crippen molar-refractivity contribution in [2.24, 2.45) is 22.7 Å². The molecule has 5 atom stereocenters. The summed E-state index contributed by atoms with van der Waals surface area (Å²) in [6.45, 7) is 6.62. The van der Waals surface area contributed by atoms with E-state index in [4.69, 9.17) is 4.74 Å². The van der Waals surface area contributed by atoms with E-state index in [1.54, 1.807) is 0 Å². The van der Waals surface area contributed by atoms with Gasteiger partial charge in [0, 0.05) is 22.6 Å². The number of ether oxygens (including phenoxy) is 1. The zero-order chi connectivity index (χ0) is 18.4. The summed E-state index contributed by atoms with van der Waals surface area (Å²) in [5.41, 5.74) is 0.866. The van der Waals surface area contributed by atoms with Gasteiger partial charge in [-0.15, -0.1) is 0 Å². The van der Waals surface area contributed by atoms with Crippen LogP contribution in [0.5, 0.6) is 0 Å². The van der Waals surface area contributed by atoms with Gasteiger partial charge < -0.3 is 14.9 Å².